The van der Waals surface area contributed by atoms with E-state index >= 15 is 0 Å². The van der Waals surface area contributed by atoms with E-state index in [2.05, 4.69) is 10.3 Å². The highest BCUT2D eigenvalue weighted by molar-refractivity contribution is 6.04. The van der Waals surface area contributed by atoms with Crippen molar-refractivity contribution in [1.29, 1.82) is 0 Å². The minimum absolute atomic E-state index is 0.124. The number of carboxylic acids is 1. The molecule has 5 heteroatoms. The lowest BCUT2D eigenvalue weighted by molar-refractivity contribution is 0.0697. The molecule has 0 amide bonds. The zero-order valence-corrected chi connectivity index (χ0v) is 11.9. The minimum atomic E-state index is -0.970. The summed E-state index contributed by atoms with van der Waals surface area (Å²) in [6.07, 6.45) is 4.61. The number of rotatable bonds is 4. The van der Waals surface area contributed by atoms with Crippen LogP contribution in [0.4, 0.5) is 5.69 Å². The first-order chi connectivity index (χ1) is 10.2. The molecule has 110 valence electrons. The average Bonchev–Trinajstić information content (AvgIpc) is 2.94. The number of carboxylic acid groups (broad SMARTS) is 1. The summed E-state index contributed by atoms with van der Waals surface area (Å²) in [6.45, 7) is 0. The van der Waals surface area contributed by atoms with Crippen LogP contribution in [0.2, 0.25) is 0 Å². The highest BCUT2D eigenvalue weighted by atomic mass is 16.5. The predicted octanol–water partition coefficient (Wildman–Crippen LogP) is 2.91. The summed E-state index contributed by atoms with van der Waals surface area (Å²) in [4.78, 5) is 15.7. The van der Waals surface area contributed by atoms with Gasteiger partial charge < -0.3 is 15.2 Å². The van der Waals surface area contributed by atoms with Crippen molar-refractivity contribution in [3.8, 4) is 0 Å². The van der Waals surface area contributed by atoms with E-state index in [-0.39, 0.29) is 17.7 Å². The molecule has 0 saturated heterocycles. The van der Waals surface area contributed by atoms with Crippen LogP contribution in [0, 0.1) is 0 Å². The van der Waals surface area contributed by atoms with Gasteiger partial charge in [0.15, 0.2) is 0 Å². The van der Waals surface area contributed by atoms with Gasteiger partial charge in [0.05, 0.1) is 23.3 Å². The molecule has 5 nitrogen and oxygen atoms in total. The van der Waals surface area contributed by atoms with E-state index in [0.717, 1.165) is 30.2 Å². The number of anilines is 1. The van der Waals surface area contributed by atoms with Crippen molar-refractivity contribution in [2.24, 2.45) is 0 Å². The summed E-state index contributed by atoms with van der Waals surface area (Å²) in [5.41, 5.74) is 1.63. The number of fused-ring (bicyclic) bond motifs is 1. The number of hydrogen-bond donors (Lipinski definition) is 2. The number of aromatic nitrogens is 1. The summed E-state index contributed by atoms with van der Waals surface area (Å²) in [5, 5.41) is 13.6. The molecule has 1 heterocycles. The first kappa shape index (κ1) is 13.8. The number of ether oxygens (including phenoxy) is 1. The number of aromatic carboxylic acids is 1. The van der Waals surface area contributed by atoms with E-state index in [1.54, 1.807) is 7.11 Å². The van der Waals surface area contributed by atoms with E-state index in [1.165, 1.54) is 6.20 Å². The number of nitrogens with one attached hydrogen (secondary N) is 1. The van der Waals surface area contributed by atoms with Gasteiger partial charge >= 0.3 is 5.97 Å². The maximum absolute atomic E-state index is 11.5. The molecule has 2 N–H and O–H groups in total. The number of methoxy groups -OCH3 is 1. The molecule has 0 bridgehead atoms. The van der Waals surface area contributed by atoms with Crippen LogP contribution in [0.5, 0.6) is 0 Å². The smallest absolute Gasteiger partial charge is 0.339 e. The highest BCUT2D eigenvalue weighted by Gasteiger charge is 2.28. The molecule has 21 heavy (non-hydrogen) atoms. The summed E-state index contributed by atoms with van der Waals surface area (Å²) in [5.74, 6) is -0.970. The van der Waals surface area contributed by atoms with Crippen molar-refractivity contribution in [2.75, 3.05) is 12.4 Å². The maximum atomic E-state index is 11.5. The third kappa shape index (κ3) is 2.56. The van der Waals surface area contributed by atoms with E-state index in [0.29, 0.717) is 5.69 Å². The van der Waals surface area contributed by atoms with Gasteiger partial charge in [-0.1, -0.05) is 18.2 Å². The predicted molar refractivity (Wildman–Crippen MR) is 80.8 cm³/mol. The average molecular weight is 286 g/mol. The largest absolute Gasteiger partial charge is 0.478 e. The normalized spacial score (nSPS) is 21.6. The Labute approximate surface area is 123 Å². The van der Waals surface area contributed by atoms with Crippen LogP contribution in [0.1, 0.15) is 29.6 Å². The number of carbonyl (C=O) groups is 1. The first-order valence-electron chi connectivity index (χ1n) is 7.11. The van der Waals surface area contributed by atoms with Gasteiger partial charge in [0, 0.05) is 18.7 Å². The van der Waals surface area contributed by atoms with Crippen molar-refractivity contribution in [1.82, 2.24) is 4.98 Å². The second-order valence-corrected chi connectivity index (χ2v) is 5.33. The van der Waals surface area contributed by atoms with Gasteiger partial charge in [-0.05, 0) is 25.3 Å². The molecule has 1 fully saturated rings. The van der Waals surface area contributed by atoms with E-state index in [1.807, 2.05) is 24.3 Å². The van der Waals surface area contributed by atoms with Gasteiger partial charge in [-0.2, -0.15) is 0 Å². The topological polar surface area (TPSA) is 71.5 Å². The van der Waals surface area contributed by atoms with Crippen molar-refractivity contribution >= 4 is 22.6 Å². The van der Waals surface area contributed by atoms with Gasteiger partial charge in [-0.25, -0.2) is 4.79 Å². The molecule has 1 aliphatic carbocycles. The van der Waals surface area contributed by atoms with E-state index < -0.39 is 5.97 Å². The van der Waals surface area contributed by atoms with Crippen molar-refractivity contribution in [2.45, 2.75) is 31.4 Å². The van der Waals surface area contributed by atoms with Gasteiger partial charge in [-0.15, -0.1) is 0 Å². The Kier molecular flexibility index (Phi) is 3.75. The molecule has 1 aromatic heterocycles. The molecule has 0 radical (unpaired) electrons. The van der Waals surface area contributed by atoms with Crippen molar-refractivity contribution in [3.05, 3.63) is 36.0 Å². The van der Waals surface area contributed by atoms with Gasteiger partial charge in [0.25, 0.3) is 0 Å². The Hall–Kier alpha value is -2.14. The Morgan fingerprint density at radius 2 is 2.19 bits per heavy atom. The summed E-state index contributed by atoms with van der Waals surface area (Å²) < 4.78 is 5.48. The first-order valence-corrected chi connectivity index (χ1v) is 7.11. The Bertz CT molecular complexity index is 672. The summed E-state index contributed by atoms with van der Waals surface area (Å²) in [7, 11) is 1.70. The lowest BCUT2D eigenvalue weighted by atomic mass is 10.1. The Morgan fingerprint density at radius 3 is 2.95 bits per heavy atom. The van der Waals surface area contributed by atoms with Gasteiger partial charge in [0.1, 0.15) is 5.56 Å². The molecule has 1 aliphatic rings. The zero-order chi connectivity index (χ0) is 14.8. The number of para-hydroxylation sites is 1. The molecule has 2 atom stereocenters. The quantitative estimate of drug-likeness (QED) is 0.904. The van der Waals surface area contributed by atoms with Crippen LogP contribution in [-0.4, -0.2) is 35.3 Å². The zero-order valence-electron chi connectivity index (χ0n) is 11.9. The number of benzene rings is 1. The van der Waals surface area contributed by atoms with Crippen LogP contribution in [0.25, 0.3) is 10.9 Å². The lowest BCUT2D eigenvalue weighted by Crippen LogP contribution is -2.30. The van der Waals surface area contributed by atoms with Gasteiger partial charge in [0.2, 0.25) is 0 Å². The molecule has 0 aliphatic heterocycles. The number of nitrogens with zero attached hydrogens (tertiary/aromatic N) is 1. The van der Waals surface area contributed by atoms with Crippen LogP contribution < -0.4 is 5.32 Å². The molecule has 2 aromatic rings. The van der Waals surface area contributed by atoms with Crippen molar-refractivity contribution < 1.29 is 14.6 Å². The molecular formula is C16H18N2O3. The molecule has 0 spiro atoms. The SMILES string of the molecule is COC1CCCC1Nc1c(C(=O)O)cnc2ccccc12. The van der Waals surface area contributed by atoms with Gasteiger partial charge in [-0.3, -0.25) is 4.98 Å². The van der Waals surface area contributed by atoms with E-state index in [9.17, 15) is 9.90 Å². The van der Waals surface area contributed by atoms with Crippen LogP contribution in [0.3, 0.4) is 0 Å². The highest BCUT2D eigenvalue weighted by Crippen LogP contribution is 2.31. The van der Waals surface area contributed by atoms with Crippen molar-refractivity contribution in [3.63, 3.8) is 0 Å². The molecular weight excluding hydrogens is 268 g/mol. The summed E-state index contributed by atoms with van der Waals surface area (Å²) in [6, 6.07) is 7.71. The Balaban J connectivity index is 2.06. The second-order valence-electron chi connectivity index (χ2n) is 5.33. The Morgan fingerprint density at radius 1 is 1.38 bits per heavy atom. The number of pyridine rings is 1. The monoisotopic (exact) mass is 286 g/mol. The van der Waals surface area contributed by atoms with Crippen LogP contribution >= 0.6 is 0 Å². The second kappa shape index (κ2) is 5.69. The molecule has 1 aromatic carbocycles. The molecule has 1 saturated carbocycles. The van der Waals surface area contributed by atoms with E-state index in [4.69, 9.17) is 4.74 Å². The standard InChI is InChI=1S/C16H18N2O3/c1-21-14-8-4-7-13(14)18-15-10-5-2-3-6-12(10)17-9-11(15)16(19)20/h2-3,5-6,9,13-14H,4,7-8H2,1H3,(H,17,18)(H,19,20). The maximum Gasteiger partial charge on any atom is 0.339 e. The third-order valence-electron chi connectivity index (χ3n) is 4.09. The fourth-order valence-electron chi connectivity index (χ4n) is 3.02. The summed E-state index contributed by atoms with van der Waals surface area (Å²) >= 11 is 0. The molecule has 3 rings (SSSR count). The fraction of sp³-hybridized carbons (Fsp3) is 0.375. The third-order valence-corrected chi connectivity index (χ3v) is 4.09. The van der Waals surface area contributed by atoms with Crippen LogP contribution in [0.15, 0.2) is 30.5 Å². The molecule has 2 unspecified atom stereocenters. The van der Waals surface area contributed by atoms with Crippen LogP contribution in [-0.2, 0) is 4.74 Å². The fourth-order valence-corrected chi connectivity index (χ4v) is 3.02. The number of hydrogen-bond acceptors (Lipinski definition) is 4. The lowest BCUT2D eigenvalue weighted by Gasteiger charge is -2.22. The minimum Gasteiger partial charge on any atom is -0.478 e.